The van der Waals surface area contributed by atoms with Crippen LogP contribution in [0.1, 0.15) is 38.0 Å². The molecule has 0 bridgehead atoms. The lowest BCUT2D eigenvalue weighted by Gasteiger charge is -2.20. The SMILES string of the molecule is CCCCCSc1nnc2c(n1)OC(c1ccc(O)c(OC)c1[N+](=O)[O-])Nc1ccccc1-2. The number of ether oxygens (including phenoxy) is 2. The lowest BCUT2D eigenvalue weighted by atomic mass is 10.1. The lowest BCUT2D eigenvalue weighted by Crippen LogP contribution is -2.19. The van der Waals surface area contributed by atoms with Gasteiger partial charge < -0.3 is 19.9 Å². The van der Waals surface area contributed by atoms with Crippen molar-refractivity contribution >= 4 is 23.1 Å². The van der Waals surface area contributed by atoms with Crippen molar-refractivity contribution in [2.24, 2.45) is 0 Å². The van der Waals surface area contributed by atoms with Crippen LogP contribution in [-0.4, -0.2) is 38.1 Å². The molecule has 2 aromatic carbocycles. The van der Waals surface area contributed by atoms with Crippen LogP contribution in [0.5, 0.6) is 17.4 Å². The molecule has 4 rings (SSSR count). The number of para-hydroxylation sites is 1. The van der Waals surface area contributed by atoms with Crippen LogP contribution in [0.2, 0.25) is 0 Å². The highest BCUT2D eigenvalue weighted by molar-refractivity contribution is 7.99. The second kappa shape index (κ2) is 9.90. The largest absolute Gasteiger partial charge is 0.504 e. The molecule has 1 unspecified atom stereocenters. The van der Waals surface area contributed by atoms with E-state index in [2.05, 4.69) is 27.4 Å². The van der Waals surface area contributed by atoms with E-state index >= 15 is 0 Å². The minimum Gasteiger partial charge on any atom is -0.504 e. The van der Waals surface area contributed by atoms with E-state index in [1.54, 1.807) is 0 Å². The number of thioether (sulfide) groups is 1. The molecule has 2 heterocycles. The molecule has 1 atom stereocenters. The minimum absolute atomic E-state index is 0.174. The molecule has 11 heteroatoms. The van der Waals surface area contributed by atoms with Crippen molar-refractivity contribution in [1.82, 2.24) is 15.2 Å². The first-order chi connectivity index (χ1) is 16.0. The number of nitrogens with one attached hydrogen (secondary N) is 1. The number of unbranched alkanes of at least 4 members (excludes halogenated alkanes) is 2. The van der Waals surface area contributed by atoms with Gasteiger partial charge in [-0.1, -0.05) is 49.7 Å². The summed E-state index contributed by atoms with van der Waals surface area (Å²) in [4.78, 5) is 15.8. The third-order valence-corrected chi connectivity index (χ3v) is 6.05. The average molecular weight is 470 g/mol. The Morgan fingerprint density at radius 2 is 2.06 bits per heavy atom. The zero-order chi connectivity index (χ0) is 23.4. The number of phenols is 1. The van der Waals surface area contributed by atoms with Crippen LogP contribution in [0.4, 0.5) is 11.4 Å². The van der Waals surface area contributed by atoms with Crippen LogP contribution in [0.15, 0.2) is 41.6 Å². The van der Waals surface area contributed by atoms with Crippen molar-refractivity contribution in [3.05, 3.63) is 52.1 Å². The van der Waals surface area contributed by atoms with Gasteiger partial charge in [0.2, 0.25) is 23.0 Å². The second-order valence-corrected chi connectivity index (χ2v) is 8.37. The standard InChI is InChI=1S/C22H23N5O5S/c1-3-4-7-12-33-22-24-21-17(25-26-22)13-8-5-6-9-15(13)23-20(32-21)14-10-11-16(28)19(31-2)18(14)27(29)30/h5-6,8-11,20,23,28H,3-4,7,12H2,1-2H3. The summed E-state index contributed by atoms with van der Waals surface area (Å²) >= 11 is 1.49. The number of phenolic OH excluding ortho intramolecular Hbond substituents is 1. The number of hydrogen-bond donors (Lipinski definition) is 2. The quantitative estimate of drug-likeness (QED) is 0.202. The smallest absolute Gasteiger partial charge is 0.323 e. The Morgan fingerprint density at radius 3 is 2.82 bits per heavy atom. The van der Waals surface area contributed by atoms with Crippen molar-refractivity contribution in [1.29, 1.82) is 0 Å². The van der Waals surface area contributed by atoms with E-state index in [1.165, 1.54) is 31.0 Å². The molecule has 3 aromatic rings. The van der Waals surface area contributed by atoms with Crippen molar-refractivity contribution in [2.75, 3.05) is 18.2 Å². The fourth-order valence-electron chi connectivity index (χ4n) is 3.54. The Balaban J connectivity index is 1.78. The van der Waals surface area contributed by atoms with E-state index in [0.29, 0.717) is 22.1 Å². The topological polar surface area (TPSA) is 133 Å². The first-order valence-electron chi connectivity index (χ1n) is 10.5. The van der Waals surface area contributed by atoms with E-state index in [9.17, 15) is 15.2 Å². The number of benzene rings is 2. The highest BCUT2D eigenvalue weighted by Gasteiger charge is 2.34. The van der Waals surface area contributed by atoms with E-state index in [4.69, 9.17) is 9.47 Å². The van der Waals surface area contributed by atoms with Crippen LogP contribution in [-0.2, 0) is 0 Å². The Bertz CT molecular complexity index is 1180. The second-order valence-electron chi connectivity index (χ2n) is 7.30. The molecule has 1 aliphatic heterocycles. The van der Waals surface area contributed by atoms with Crippen LogP contribution in [0, 0.1) is 10.1 Å². The molecule has 33 heavy (non-hydrogen) atoms. The number of nitrogens with zero attached hydrogens (tertiary/aromatic N) is 4. The van der Waals surface area contributed by atoms with Gasteiger partial charge in [0.1, 0.15) is 0 Å². The summed E-state index contributed by atoms with van der Waals surface area (Å²) in [5.41, 5.74) is 1.58. The van der Waals surface area contributed by atoms with Crippen LogP contribution in [0.3, 0.4) is 0 Å². The molecule has 0 saturated heterocycles. The van der Waals surface area contributed by atoms with Crippen molar-refractivity contribution in [3.63, 3.8) is 0 Å². The monoisotopic (exact) mass is 469 g/mol. The Labute approximate surface area is 194 Å². The summed E-state index contributed by atoms with van der Waals surface area (Å²) in [6, 6.07) is 10.1. The summed E-state index contributed by atoms with van der Waals surface area (Å²) in [5.74, 6) is 0.491. The molecule has 1 aromatic heterocycles. The number of nitro groups is 1. The zero-order valence-electron chi connectivity index (χ0n) is 18.1. The fraction of sp³-hybridized carbons (Fsp3) is 0.318. The zero-order valence-corrected chi connectivity index (χ0v) is 19.0. The fourth-order valence-corrected chi connectivity index (χ4v) is 4.32. The Kier molecular flexibility index (Phi) is 6.78. The summed E-state index contributed by atoms with van der Waals surface area (Å²) in [7, 11) is 1.26. The average Bonchev–Trinajstić information content (AvgIpc) is 2.98. The molecule has 0 fully saturated rings. The maximum Gasteiger partial charge on any atom is 0.323 e. The van der Waals surface area contributed by atoms with Gasteiger partial charge in [-0.05, 0) is 24.6 Å². The molecule has 2 N–H and O–H groups in total. The van der Waals surface area contributed by atoms with Gasteiger partial charge in [0.25, 0.3) is 0 Å². The maximum atomic E-state index is 11.9. The number of methoxy groups -OCH3 is 1. The van der Waals surface area contributed by atoms with E-state index in [0.717, 1.165) is 25.0 Å². The number of hydrogen-bond acceptors (Lipinski definition) is 10. The van der Waals surface area contributed by atoms with Gasteiger partial charge in [-0.2, -0.15) is 4.98 Å². The van der Waals surface area contributed by atoms with Crippen molar-refractivity contribution in [3.8, 4) is 28.6 Å². The highest BCUT2D eigenvalue weighted by atomic mass is 32.2. The van der Waals surface area contributed by atoms with Crippen LogP contribution >= 0.6 is 11.8 Å². The number of aromatic nitrogens is 3. The normalized spacial score (nSPS) is 14.3. The van der Waals surface area contributed by atoms with E-state index in [-0.39, 0.29) is 22.9 Å². The lowest BCUT2D eigenvalue weighted by molar-refractivity contribution is -0.387. The molecule has 1 aliphatic rings. The molecule has 172 valence electrons. The maximum absolute atomic E-state index is 11.9. The molecule has 0 spiro atoms. The Morgan fingerprint density at radius 1 is 1.24 bits per heavy atom. The molecule has 0 amide bonds. The summed E-state index contributed by atoms with van der Waals surface area (Å²) in [6.45, 7) is 2.14. The molecular weight excluding hydrogens is 446 g/mol. The van der Waals surface area contributed by atoms with Gasteiger partial charge in [-0.3, -0.25) is 10.1 Å². The number of fused-ring (bicyclic) bond motifs is 3. The van der Waals surface area contributed by atoms with Gasteiger partial charge in [0, 0.05) is 17.0 Å². The van der Waals surface area contributed by atoms with Crippen molar-refractivity contribution < 1.29 is 19.5 Å². The first-order valence-corrected chi connectivity index (χ1v) is 11.5. The number of aromatic hydroxyl groups is 1. The highest BCUT2D eigenvalue weighted by Crippen LogP contribution is 2.45. The van der Waals surface area contributed by atoms with Gasteiger partial charge in [-0.15, -0.1) is 10.2 Å². The van der Waals surface area contributed by atoms with Gasteiger partial charge in [0.05, 0.1) is 17.6 Å². The number of nitro benzene ring substituents is 1. The predicted octanol–water partition coefficient (Wildman–Crippen LogP) is 4.95. The number of anilines is 1. The molecule has 10 nitrogen and oxygen atoms in total. The van der Waals surface area contributed by atoms with E-state index in [1.807, 2.05) is 24.3 Å². The Hall–Kier alpha value is -3.60. The first kappa shape index (κ1) is 22.6. The van der Waals surface area contributed by atoms with E-state index < -0.39 is 16.8 Å². The minimum atomic E-state index is -0.989. The third-order valence-electron chi connectivity index (χ3n) is 5.12. The van der Waals surface area contributed by atoms with Crippen molar-refractivity contribution in [2.45, 2.75) is 37.6 Å². The summed E-state index contributed by atoms with van der Waals surface area (Å²) < 4.78 is 11.3. The molecule has 0 saturated carbocycles. The van der Waals surface area contributed by atoms with Gasteiger partial charge in [-0.25, -0.2) is 0 Å². The molecular formula is C22H23N5O5S. The van der Waals surface area contributed by atoms with Crippen LogP contribution in [0.25, 0.3) is 11.3 Å². The van der Waals surface area contributed by atoms with Gasteiger partial charge >= 0.3 is 5.69 Å². The number of rotatable bonds is 8. The third kappa shape index (κ3) is 4.63. The molecule has 0 radical (unpaired) electrons. The molecule has 0 aliphatic carbocycles. The summed E-state index contributed by atoms with van der Waals surface area (Å²) in [5, 5.41) is 34.2. The predicted molar refractivity (Wildman–Crippen MR) is 124 cm³/mol. The van der Waals surface area contributed by atoms with Crippen LogP contribution < -0.4 is 14.8 Å². The van der Waals surface area contributed by atoms with Gasteiger partial charge in [0.15, 0.2) is 11.4 Å². The summed E-state index contributed by atoms with van der Waals surface area (Å²) in [6.07, 6.45) is 2.28.